The largest absolute Gasteiger partial charge is 0.481 e. The first-order valence-corrected chi connectivity index (χ1v) is 11.4. The Morgan fingerprint density at radius 2 is 1.67 bits per heavy atom. The van der Waals surface area contributed by atoms with E-state index in [1.165, 1.54) is 12.6 Å². The van der Waals surface area contributed by atoms with Gasteiger partial charge in [0, 0.05) is 23.6 Å². The quantitative estimate of drug-likeness (QED) is 0.252. The molecule has 2 rings (SSSR count). The van der Waals surface area contributed by atoms with Crippen LogP contribution in [0.2, 0.25) is 0 Å². The number of hydrogen-bond acceptors (Lipinski definition) is 7. The number of hydrogen-bond donors (Lipinski definition) is 6. The standard InChI is InChI=1S/C14H21N3O2S.C6H8O7/c1-15-20(18,19)10-11-4-5-14-13(8-11)12(9-16-14)6-7-17(2)3;7-3(8)1-6(13,5(11)12)2-4(9)10/h4-5,8-9,15-16H,6-7,10H2,1-3H3;13H,1-2H2,(H,7,8)(H,9,10)(H,11,12). The van der Waals surface area contributed by atoms with Crippen LogP contribution in [0.4, 0.5) is 0 Å². The van der Waals surface area contributed by atoms with Crippen LogP contribution < -0.4 is 4.72 Å². The molecule has 0 spiro atoms. The van der Waals surface area contributed by atoms with Gasteiger partial charge in [0.15, 0.2) is 5.60 Å². The van der Waals surface area contributed by atoms with Crippen molar-refractivity contribution in [3.63, 3.8) is 0 Å². The molecular weight excluding hydrogens is 458 g/mol. The molecule has 0 aliphatic heterocycles. The Morgan fingerprint density at radius 1 is 1.09 bits per heavy atom. The molecule has 0 aliphatic carbocycles. The van der Waals surface area contributed by atoms with E-state index in [0.29, 0.717) is 0 Å². The van der Waals surface area contributed by atoms with Crippen LogP contribution in [0.5, 0.6) is 0 Å². The summed E-state index contributed by atoms with van der Waals surface area (Å²) in [6, 6.07) is 5.75. The van der Waals surface area contributed by atoms with Crippen molar-refractivity contribution in [1.82, 2.24) is 14.6 Å². The lowest BCUT2D eigenvalue weighted by Crippen LogP contribution is -2.42. The lowest BCUT2D eigenvalue weighted by atomic mass is 9.96. The maximum Gasteiger partial charge on any atom is 0.336 e. The summed E-state index contributed by atoms with van der Waals surface area (Å²) >= 11 is 0. The molecule has 0 radical (unpaired) electrons. The number of nitrogens with zero attached hydrogens (tertiary/aromatic N) is 1. The Morgan fingerprint density at radius 3 is 2.12 bits per heavy atom. The van der Waals surface area contributed by atoms with E-state index in [9.17, 15) is 22.8 Å². The molecule has 1 heterocycles. The van der Waals surface area contributed by atoms with Crippen molar-refractivity contribution in [2.75, 3.05) is 27.7 Å². The molecule has 0 aliphatic rings. The van der Waals surface area contributed by atoms with Crippen LogP contribution in [0.25, 0.3) is 10.9 Å². The smallest absolute Gasteiger partial charge is 0.336 e. The number of carboxylic acids is 3. The van der Waals surface area contributed by atoms with Crippen LogP contribution in [-0.2, 0) is 36.6 Å². The highest BCUT2D eigenvalue weighted by Crippen LogP contribution is 2.21. The number of aliphatic hydroxyl groups is 1. The number of benzene rings is 1. The fraction of sp³-hybridized carbons (Fsp3) is 0.450. The molecule has 33 heavy (non-hydrogen) atoms. The molecule has 1 aromatic carbocycles. The third-order valence-corrected chi connectivity index (χ3v) is 5.95. The Kier molecular flexibility index (Phi) is 9.98. The van der Waals surface area contributed by atoms with Gasteiger partial charge in [-0.15, -0.1) is 0 Å². The number of likely N-dealkylation sites (N-methyl/N-ethyl adjacent to an activating group) is 1. The zero-order valence-corrected chi connectivity index (χ0v) is 19.3. The van der Waals surface area contributed by atoms with Gasteiger partial charge in [-0.2, -0.15) is 0 Å². The van der Waals surface area contributed by atoms with E-state index in [4.69, 9.17) is 20.4 Å². The van der Waals surface area contributed by atoms with E-state index >= 15 is 0 Å². The molecule has 0 saturated carbocycles. The van der Waals surface area contributed by atoms with E-state index in [0.717, 1.165) is 29.4 Å². The zero-order chi connectivity index (χ0) is 25.4. The van der Waals surface area contributed by atoms with Crippen molar-refractivity contribution < 1.29 is 43.2 Å². The molecule has 2 aromatic rings. The van der Waals surface area contributed by atoms with E-state index in [1.54, 1.807) is 0 Å². The normalized spacial score (nSPS) is 11.8. The number of sulfonamides is 1. The molecular formula is C20H29N3O9S. The number of nitrogens with one attached hydrogen (secondary N) is 2. The number of aromatic amines is 1. The highest BCUT2D eigenvalue weighted by molar-refractivity contribution is 7.88. The average Bonchev–Trinajstić information content (AvgIpc) is 3.07. The predicted octanol–water partition coefficient (Wildman–Crippen LogP) is 0.0727. The van der Waals surface area contributed by atoms with Crippen LogP contribution in [0.1, 0.15) is 24.0 Å². The molecule has 12 nitrogen and oxygen atoms in total. The highest BCUT2D eigenvalue weighted by Gasteiger charge is 2.40. The first-order chi connectivity index (χ1) is 15.2. The minimum Gasteiger partial charge on any atom is -0.481 e. The van der Waals surface area contributed by atoms with Gasteiger partial charge < -0.3 is 30.3 Å². The van der Waals surface area contributed by atoms with E-state index in [1.807, 2.05) is 38.5 Å². The Bertz CT molecular complexity index is 1080. The Hall–Kier alpha value is -3.00. The predicted molar refractivity (Wildman–Crippen MR) is 119 cm³/mol. The SMILES string of the molecule is CNS(=O)(=O)Cc1ccc2[nH]cc(CCN(C)C)c2c1.O=C(O)CC(O)(CC(=O)O)C(=O)O. The van der Waals surface area contributed by atoms with Gasteiger partial charge in [-0.05, 0) is 50.8 Å². The second-order valence-corrected chi connectivity index (χ2v) is 9.61. The second kappa shape index (κ2) is 11.7. The summed E-state index contributed by atoms with van der Waals surface area (Å²) in [5, 5.41) is 34.9. The highest BCUT2D eigenvalue weighted by atomic mass is 32.2. The molecule has 13 heteroatoms. The van der Waals surface area contributed by atoms with Crippen molar-refractivity contribution in [3.05, 3.63) is 35.5 Å². The van der Waals surface area contributed by atoms with E-state index < -0.39 is 46.4 Å². The Labute approximate surface area is 190 Å². The molecule has 0 unspecified atom stereocenters. The number of rotatable bonds is 11. The zero-order valence-electron chi connectivity index (χ0n) is 18.5. The first kappa shape index (κ1) is 28.0. The number of fused-ring (bicyclic) bond motifs is 1. The molecule has 0 amide bonds. The van der Waals surface area contributed by atoms with Gasteiger partial charge in [-0.3, -0.25) is 9.59 Å². The second-order valence-electron chi connectivity index (χ2n) is 7.69. The van der Waals surface area contributed by atoms with Crippen LogP contribution in [0.15, 0.2) is 24.4 Å². The summed E-state index contributed by atoms with van der Waals surface area (Å²) in [6.07, 6.45) is 0.656. The number of H-pyrrole nitrogens is 1. The van der Waals surface area contributed by atoms with Crippen LogP contribution in [0, 0.1) is 0 Å². The first-order valence-electron chi connectivity index (χ1n) is 9.73. The topological polar surface area (TPSA) is 197 Å². The average molecular weight is 488 g/mol. The van der Waals surface area contributed by atoms with Gasteiger partial charge in [0.05, 0.1) is 18.6 Å². The number of carboxylic acid groups (broad SMARTS) is 3. The molecule has 1 aromatic heterocycles. The van der Waals surface area contributed by atoms with E-state index in [2.05, 4.69) is 14.6 Å². The fourth-order valence-electron chi connectivity index (χ4n) is 2.87. The summed E-state index contributed by atoms with van der Waals surface area (Å²) in [4.78, 5) is 35.9. The summed E-state index contributed by atoms with van der Waals surface area (Å²) in [7, 11) is 2.29. The molecule has 0 fully saturated rings. The van der Waals surface area contributed by atoms with Gasteiger partial charge >= 0.3 is 17.9 Å². The van der Waals surface area contributed by atoms with E-state index in [-0.39, 0.29) is 5.75 Å². The Balaban J connectivity index is 0.000000366. The molecule has 0 saturated heterocycles. The molecule has 184 valence electrons. The van der Waals surface area contributed by atoms with Gasteiger partial charge in [0.2, 0.25) is 10.0 Å². The maximum atomic E-state index is 11.6. The number of aliphatic carboxylic acids is 3. The summed E-state index contributed by atoms with van der Waals surface area (Å²) in [6.45, 7) is 0.964. The lowest BCUT2D eigenvalue weighted by molar-refractivity contribution is -0.170. The summed E-state index contributed by atoms with van der Waals surface area (Å²) in [5.74, 6) is -5.01. The van der Waals surface area contributed by atoms with Crippen molar-refractivity contribution in [1.29, 1.82) is 0 Å². The molecule has 0 atom stereocenters. The maximum absolute atomic E-state index is 11.6. The van der Waals surface area contributed by atoms with Gasteiger partial charge in [0.25, 0.3) is 0 Å². The third-order valence-electron chi connectivity index (χ3n) is 4.61. The third kappa shape index (κ3) is 9.18. The molecule has 0 bridgehead atoms. The van der Waals surface area contributed by atoms with Gasteiger partial charge in [-0.25, -0.2) is 17.9 Å². The van der Waals surface area contributed by atoms with Crippen molar-refractivity contribution in [2.45, 2.75) is 30.6 Å². The van der Waals surface area contributed by atoms with Crippen LogP contribution in [0.3, 0.4) is 0 Å². The summed E-state index contributed by atoms with van der Waals surface area (Å²) < 4.78 is 25.6. The monoisotopic (exact) mass is 487 g/mol. The van der Waals surface area contributed by atoms with Crippen molar-refractivity contribution in [2.24, 2.45) is 0 Å². The number of aromatic nitrogens is 1. The van der Waals surface area contributed by atoms with Gasteiger partial charge in [-0.1, -0.05) is 6.07 Å². The fourth-order valence-corrected chi connectivity index (χ4v) is 3.63. The van der Waals surface area contributed by atoms with Crippen LogP contribution in [-0.4, -0.2) is 89.9 Å². The van der Waals surface area contributed by atoms with Gasteiger partial charge in [0.1, 0.15) is 0 Å². The number of carbonyl (C=O) groups is 3. The molecule has 6 N–H and O–H groups in total. The van der Waals surface area contributed by atoms with Crippen molar-refractivity contribution >= 4 is 38.8 Å². The minimum atomic E-state index is -3.23. The summed E-state index contributed by atoms with van der Waals surface area (Å²) in [5.41, 5.74) is 0.330. The van der Waals surface area contributed by atoms with Crippen LogP contribution >= 0.6 is 0 Å². The van der Waals surface area contributed by atoms with Crippen molar-refractivity contribution in [3.8, 4) is 0 Å². The lowest BCUT2D eigenvalue weighted by Gasteiger charge is -2.18. The minimum absolute atomic E-state index is 0.0116.